The molecule has 0 aromatic carbocycles. The number of hydrogen-bond donors (Lipinski definition) is 2. The molecule has 0 aromatic heterocycles. The van der Waals surface area contributed by atoms with E-state index in [0.29, 0.717) is 12.5 Å². The summed E-state index contributed by atoms with van der Waals surface area (Å²) in [5, 5.41) is 18.3. The SMILES string of the molecule is O=C(O)C1=C(O)C(=O)N(CC2CCCCC2)C1. The summed E-state index contributed by atoms with van der Waals surface area (Å²) >= 11 is 0. The molecule has 0 aromatic rings. The molecule has 0 saturated heterocycles. The second kappa shape index (κ2) is 4.77. The van der Waals surface area contributed by atoms with Gasteiger partial charge in [-0.3, -0.25) is 4.79 Å². The molecule has 94 valence electrons. The second-order valence-corrected chi connectivity index (χ2v) is 4.82. The molecule has 0 spiro atoms. The molecule has 1 aliphatic carbocycles. The maximum absolute atomic E-state index is 11.6. The van der Waals surface area contributed by atoms with E-state index < -0.39 is 17.6 Å². The molecule has 1 fully saturated rings. The van der Waals surface area contributed by atoms with Gasteiger partial charge >= 0.3 is 5.97 Å². The third-order valence-corrected chi connectivity index (χ3v) is 3.59. The highest BCUT2D eigenvalue weighted by Gasteiger charge is 2.35. The number of nitrogens with zero attached hydrogens (tertiary/aromatic N) is 1. The topological polar surface area (TPSA) is 77.8 Å². The number of hydrogen-bond acceptors (Lipinski definition) is 3. The maximum atomic E-state index is 11.6. The highest BCUT2D eigenvalue weighted by atomic mass is 16.4. The van der Waals surface area contributed by atoms with Gasteiger partial charge in [-0.25, -0.2) is 4.79 Å². The number of aliphatic hydroxyl groups is 1. The van der Waals surface area contributed by atoms with Crippen molar-refractivity contribution in [1.29, 1.82) is 0 Å². The Morgan fingerprint density at radius 3 is 2.47 bits per heavy atom. The predicted molar refractivity (Wildman–Crippen MR) is 60.4 cm³/mol. The lowest BCUT2D eigenvalue weighted by atomic mass is 9.89. The normalized spacial score (nSPS) is 22.4. The summed E-state index contributed by atoms with van der Waals surface area (Å²) in [6.45, 7) is 0.607. The highest BCUT2D eigenvalue weighted by molar-refractivity contribution is 6.04. The molecule has 1 aliphatic heterocycles. The van der Waals surface area contributed by atoms with Gasteiger partial charge in [-0.05, 0) is 18.8 Å². The number of rotatable bonds is 3. The van der Waals surface area contributed by atoms with Crippen LogP contribution in [0.15, 0.2) is 11.3 Å². The van der Waals surface area contributed by atoms with Crippen molar-refractivity contribution in [2.24, 2.45) is 5.92 Å². The van der Waals surface area contributed by atoms with Crippen molar-refractivity contribution >= 4 is 11.9 Å². The van der Waals surface area contributed by atoms with Gasteiger partial charge in [-0.2, -0.15) is 0 Å². The zero-order valence-electron chi connectivity index (χ0n) is 9.69. The molecule has 5 heteroatoms. The highest BCUT2D eigenvalue weighted by Crippen LogP contribution is 2.27. The zero-order chi connectivity index (χ0) is 12.4. The summed E-state index contributed by atoms with van der Waals surface area (Å²) in [6.07, 6.45) is 5.78. The van der Waals surface area contributed by atoms with Gasteiger partial charge in [-0.1, -0.05) is 19.3 Å². The first-order valence-corrected chi connectivity index (χ1v) is 6.04. The fourth-order valence-electron chi connectivity index (χ4n) is 2.61. The molecular formula is C12H17NO4. The molecule has 0 unspecified atom stereocenters. The van der Waals surface area contributed by atoms with E-state index in [2.05, 4.69) is 0 Å². The van der Waals surface area contributed by atoms with Crippen molar-refractivity contribution in [1.82, 2.24) is 4.90 Å². The summed E-state index contributed by atoms with van der Waals surface area (Å²) < 4.78 is 0. The van der Waals surface area contributed by atoms with E-state index in [-0.39, 0.29) is 12.1 Å². The van der Waals surface area contributed by atoms with Gasteiger partial charge in [0, 0.05) is 6.54 Å². The molecule has 0 bridgehead atoms. The van der Waals surface area contributed by atoms with Crippen LogP contribution in [0.1, 0.15) is 32.1 Å². The van der Waals surface area contributed by atoms with Crippen LogP contribution in [-0.2, 0) is 9.59 Å². The number of aliphatic hydroxyl groups excluding tert-OH is 1. The molecule has 1 saturated carbocycles. The summed E-state index contributed by atoms with van der Waals surface area (Å²) in [4.78, 5) is 23.9. The van der Waals surface area contributed by atoms with E-state index in [0.717, 1.165) is 12.8 Å². The minimum atomic E-state index is -1.21. The first-order valence-electron chi connectivity index (χ1n) is 6.04. The molecule has 5 nitrogen and oxygen atoms in total. The van der Waals surface area contributed by atoms with Gasteiger partial charge in [-0.15, -0.1) is 0 Å². The molecule has 0 radical (unpaired) electrons. The smallest absolute Gasteiger partial charge is 0.337 e. The summed E-state index contributed by atoms with van der Waals surface area (Å²) in [7, 11) is 0. The monoisotopic (exact) mass is 239 g/mol. The number of carbonyl (C=O) groups is 2. The van der Waals surface area contributed by atoms with E-state index in [1.54, 1.807) is 0 Å². The van der Waals surface area contributed by atoms with Gasteiger partial charge in [0.1, 0.15) is 5.57 Å². The average molecular weight is 239 g/mol. The van der Waals surface area contributed by atoms with E-state index in [9.17, 15) is 14.7 Å². The van der Waals surface area contributed by atoms with Crippen molar-refractivity contribution in [3.63, 3.8) is 0 Å². The molecule has 1 amide bonds. The first kappa shape index (κ1) is 12.0. The minimum Gasteiger partial charge on any atom is -0.503 e. The number of carboxylic acids is 1. The Morgan fingerprint density at radius 1 is 1.29 bits per heavy atom. The predicted octanol–water partition coefficient (Wildman–Crippen LogP) is 1.31. The maximum Gasteiger partial charge on any atom is 0.337 e. The van der Waals surface area contributed by atoms with Gasteiger partial charge in [0.2, 0.25) is 0 Å². The number of aliphatic carboxylic acids is 1. The van der Waals surface area contributed by atoms with Crippen LogP contribution >= 0.6 is 0 Å². The number of carbonyl (C=O) groups excluding carboxylic acids is 1. The Bertz CT molecular complexity index is 369. The third kappa shape index (κ3) is 2.43. The fourth-order valence-corrected chi connectivity index (χ4v) is 2.61. The Kier molecular flexibility index (Phi) is 3.36. The van der Waals surface area contributed by atoms with E-state index in [4.69, 9.17) is 5.11 Å². The van der Waals surface area contributed by atoms with E-state index >= 15 is 0 Å². The standard InChI is InChI=1S/C12H17NO4/c14-10-9(12(16)17)7-13(11(10)15)6-8-4-2-1-3-5-8/h8,14H,1-7H2,(H,16,17). The van der Waals surface area contributed by atoms with Gasteiger partial charge in [0.05, 0.1) is 6.54 Å². The van der Waals surface area contributed by atoms with Crippen LogP contribution in [-0.4, -0.2) is 40.1 Å². The van der Waals surface area contributed by atoms with Crippen molar-refractivity contribution in [3.05, 3.63) is 11.3 Å². The Morgan fingerprint density at radius 2 is 1.94 bits per heavy atom. The second-order valence-electron chi connectivity index (χ2n) is 4.82. The van der Waals surface area contributed by atoms with Crippen molar-refractivity contribution in [3.8, 4) is 0 Å². The third-order valence-electron chi connectivity index (χ3n) is 3.59. The van der Waals surface area contributed by atoms with Crippen LogP contribution in [0.25, 0.3) is 0 Å². The molecule has 1 heterocycles. The zero-order valence-corrected chi connectivity index (χ0v) is 9.69. The molecule has 2 aliphatic rings. The molecule has 0 atom stereocenters. The van der Waals surface area contributed by atoms with E-state index in [1.165, 1.54) is 24.2 Å². The summed E-state index contributed by atoms with van der Waals surface area (Å²) in [6, 6.07) is 0. The lowest BCUT2D eigenvalue weighted by Crippen LogP contribution is -2.33. The Hall–Kier alpha value is -1.52. The lowest BCUT2D eigenvalue weighted by Gasteiger charge is -2.26. The molecule has 2 rings (SSSR count). The first-order chi connectivity index (χ1) is 8.09. The van der Waals surface area contributed by atoms with Crippen LogP contribution in [0, 0.1) is 5.92 Å². The molecule has 2 N–H and O–H groups in total. The van der Waals surface area contributed by atoms with Crippen LogP contribution in [0.4, 0.5) is 0 Å². The van der Waals surface area contributed by atoms with Crippen LogP contribution < -0.4 is 0 Å². The van der Waals surface area contributed by atoms with Crippen LogP contribution in [0.5, 0.6) is 0 Å². The van der Waals surface area contributed by atoms with Gasteiger partial charge in [0.15, 0.2) is 5.76 Å². The van der Waals surface area contributed by atoms with E-state index in [1.807, 2.05) is 0 Å². The quantitative estimate of drug-likeness (QED) is 0.778. The molecule has 17 heavy (non-hydrogen) atoms. The van der Waals surface area contributed by atoms with Gasteiger partial charge < -0.3 is 15.1 Å². The number of amides is 1. The largest absolute Gasteiger partial charge is 0.503 e. The van der Waals surface area contributed by atoms with Crippen LogP contribution in [0.3, 0.4) is 0 Å². The van der Waals surface area contributed by atoms with Gasteiger partial charge in [0.25, 0.3) is 5.91 Å². The Balaban J connectivity index is 1.97. The van der Waals surface area contributed by atoms with Crippen LogP contribution in [0.2, 0.25) is 0 Å². The van der Waals surface area contributed by atoms with Crippen molar-refractivity contribution < 1.29 is 19.8 Å². The molecular weight excluding hydrogens is 222 g/mol. The van der Waals surface area contributed by atoms with Crippen molar-refractivity contribution in [2.75, 3.05) is 13.1 Å². The number of carboxylic acid groups (broad SMARTS) is 1. The van der Waals surface area contributed by atoms with Crippen molar-refractivity contribution in [2.45, 2.75) is 32.1 Å². The average Bonchev–Trinajstić information content (AvgIpc) is 2.59. The fraction of sp³-hybridized carbons (Fsp3) is 0.667. The minimum absolute atomic E-state index is 0.0382. The summed E-state index contributed by atoms with van der Waals surface area (Å²) in [5.74, 6) is -1.88. The summed E-state index contributed by atoms with van der Waals surface area (Å²) in [5.41, 5.74) is -0.175. The Labute approximate surface area is 99.7 Å². The lowest BCUT2D eigenvalue weighted by molar-refractivity contribution is -0.133.